The average Bonchev–Trinajstić information content (AvgIpc) is 3.31. The van der Waals surface area contributed by atoms with Crippen LogP contribution >= 0.6 is 38.6 Å². The average molecular weight is 455 g/mol. The van der Waals surface area contributed by atoms with Gasteiger partial charge in [-0.1, -0.05) is 52.3 Å². The zero-order chi connectivity index (χ0) is 18.6. The molecular formula is C23H16BrFS2. The Morgan fingerprint density at radius 3 is 2.30 bits per heavy atom. The summed E-state index contributed by atoms with van der Waals surface area (Å²) in [5.74, 6) is -0.143. The first kappa shape index (κ1) is 18.4. The molecule has 0 amide bonds. The van der Waals surface area contributed by atoms with E-state index in [1.54, 1.807) is 28.7 Å². The summed E-state index contributed by atoms with van der Waals surface area (Å²) >= 11 is 6.89. The van der Waals surface area contributed by atoms with Crippen molar-refractivity contribution in [2.24, 2.45) is 0 Å². The number of thiophene rings is 2. The second-order valence-corrected chi connectivity index (χ2v) is 9.15. The fraction of sp³-hybridized carbons (Fsp3) is 0.0435. The van der Waals surface area contributed by atoms with Gasteiger partial charge in [-0.3, -0.25) is 0 Å². The third-order valence-corrected chi connectivity index (χ3v) is 6.72. The molecule has 3 aromatic carbocycles. The van der Waals surface area contributed by atoms with E-state index in [1.807, 2.05) is 18.2 Å². The van der Waals surface area contributed by atoms with Crippen LogP contribution in [0.5, 0.6) is 0 Å². The fourth-order valence-electron chi connectivity index (χ4n) is 2.90. The molecule has 2 aromatic heterocycles. The number of hydrogen-bond acceptors (Lipinski definition) is 2. The van der Waals surface area contributed by atoms with Gasteiger partial charge in [0.1, 0.15) is 5.82 Å². The molecule has 0 nitrogen and oxygen atoms in total. The first-order chi connectivity index (χ1) is 13.2. The Morgan fingerprint density at radius 1 is 0.778 bits per heavy atom. The zero-order valence-electron chi connectivity index (χ0n) is 14.4. The quantitative estimate of drug-likeness (QED) is 0.251. The van der Waals surface area contributed by atoms with Crippen molar-refractivity contribution in [3.8, 4) is 0 Å². The van der Waals surface area contributed by atoms with E-state index in [2.05, 4.69) is 69.8 Å². The minimum Gasteiger partial charge on any atom is -0.207 e. The van der Waals surface area contributed by atoms with Crippen LogP contribution in [0.15, 0.2) is 88.7 Å². The van der Waals surface area contributed by atoms with Gasteiger partial charge in [0.15, 0.2) is 0 Å². The van der Waals surface area contributed by atoms with Crippen LogP contribution in [-0.2, 0) is 6.42 Å². The molecule has 2 heterocycles. The molecule has 134 valence electrons. The van der Waals surface area contributed by atoms with Crippen molar-refractivity contribution < 1.29 is 4.39 Å². The Balaban J connectivity index is 0.000000167. The molecule has 0 aliphatic heterocycles. The Labute approximate surface area is 174 Å². The molecule has 0 bridgehead atoms. The number of hydrogen-bond donors (Lipinski definition) is 0. The summed E-state index contributed by atoms with van der Waals surface area (Å²) < 4.78 is 17.2. The summed E-state index contributed by atoms with van der Waals surface area (Å²) in [6, 6.07) is 26.0. The van der Waals surface area contributed by atoms with E-state index in [1.165, 1.54) is 31.1 Å². The van der Waals surface area contributed by atoms with Gasteiger partial charge in [-0.05, 0) is 64.2 Å². The molecule has 4 heteroatoms. The maximum Gasteiger partial charge on any atom is 0.126 e. The maximum atomic E-state index is 13.7. The molecule has 5 rings (SSSR count). The van der Waals surface area contributed by atoms with Gasteiger partial charge in [-0.2, -0.15) is 0 Å². The molecule has 0 unspecified atom stereocenters. The lowest BCUT2D eigenvalue weighted by atomic mass is 10.1. The highest BCUT2D eigenvalue weighted by atomic mass is 79.9. The van der Waals surface area contributed by atoms with Gasteiger partial charge in [0.2, 0.25) is 0 Å². The van der Waals surface area contributed by atoms with Crippen LogP contribution in [0.2, 0.25) is 0 Å². The Kier molecular flexibility index (Phi) is 5.67. The summed E-state index contributed by atoms with van der Waals surface area (Å²) in [4.78, 5) is 1.19. The number of fused-ring (bicyclic) bond motifs is 2. The van der Waals surface area contributed by atoms with Gasteiger partial charge in [0.25, 0.3) is 0 Å². The first-order valence-corrected chi connectivity index (χ1v) is 11.0. The molecule has 0 aliphatic rings. The second kappa shape index (κ2) is 8.34. The Bertz CT molecular complexity index is 1130. The largest absolute Gasteiger partial charge is 0.207 e. The van der Waals surface area contributed by atoms with Gasteiger partial charge >= 0.3 is 0 Å². The number of benzene rings is 3. The Morgan fingerprint density at radius 2 is 1.52 bits per heavy atom. The van der Waals surface area contributed by atoms with Crippen molar-refractivity contribution in [1.82, 2.24) is 0 Å². The molecule has 0 aliphatic carbocycles. The predicted molar refractivity (Wildman–Crippen MR) is 121 cm³/mol. The van der Waals surface area contributed by atoms with Gasteiger partial charge in [-0.15, -0.1) is 22.7 Å². The van der Waals surface area contributed by atoms with Gasteiger partial charge in [-0.25, -0.2) is 4.39 Å². The summed E-state index contributed by atoms with van der Waals surface area (Å²) in [5.41, 5.74) is 0.732. The molecule has 0 saturated carbocycles. The van der Waals surface area contributed by atoms with E-state index in [-0.39, 0.29) is 5.82 Å². The second-order valence-electron chi connectivity index (χ2n) is 6.12. The van der Waals surface area contributed by atoms with E-state index in [4.69, 9.17) is 0 Å². The predicted octanol–water partition coefficient (Wildman–Crippen LogP) is 8.30. The highest BCUT2D eigenvalue weighted by Crippen LogP contribution is 2.28. The maximum absolute atomic E-state index is 13.7. The van der Waals surface area contributed by atoms with Crippen LogP contribution in [0.25, 0.3) is 20.2 Å². The third-order valence-electron chi connectivity index (χ3n) is 4.21. The van der Waals surface area contributed by atoms with Crippen LogP contribution in [0.4, 0.5) is 4.39 Å². The van der Waals surface area contributed by atoms with Crippen LogP contribution in [0.3, 0.4) is 0 Å². The van der Waals surface area contributed by atoms with Gasteiger partial charge in [0.05, 0.1) is 0 Å². The SMILES string of the molecule is Fc1ccc(Br)cc1Cc1cc2ccccc2s1.c1ccc2sccc2c1. The van der Waals surface area contributed by atoms with E-state index >= 15 is 0 Å². The van der Waals surface area contributed by atoms with E-state index in [0.29, 0.717) is 6.42 Å². The molecular weight excluding hydrogens is 439 g/mol. The molecule has 5 aromatic rings. The van der Waals surface area contributed by atoms with Crippen LogP contribution < -0.4 is 0 Å². The molecule has 0 spiro atoms. The minimum absolute atomic E-state index is 0.143. The van der Waals surface area contributed by atoms with E-state index < -0.39 is 0 Å². The van der Waals surface area contributed by atoms with Crippen molar-refractivity contribution in [2.75, 3.05) is 0 Å². The van der Waals surface area contributed by atoms with Crippen molar-refractivity contribution >= 4 is 58.8 Å². The lowest BCUT2D eigenvalue weighted by Gasteiger charge is -2.01. The van der Waals surface area contributed by atoms with Crippen molar-refractivity contribution in [2.45, 2.75) is 6.42 Å². The van der Waals surface area contributed by atoms with E-state index in [0.717, 1.165) is 10.0 Å². The summed E-state index contributed by atoms with van der Waals surface area (Å²) in [7, 11) is 0. The molecule has 0 fully saturated rings. The monoisotopic (exact) mass is 454 g/mol. The zero-order valence-corrected chi connectivity index (χ0v) is 17.6. The minimum atomic E-state index is -0.143. The van der Waals surface area contributed by atoms with Crippen LogP contribution in [0.1, 0.15) is 10.4 Å². The number of rotatable bonds is 2. The standard InChI is InChI=1S/C15H10BrFS.C8H6S/c16-12-5-6-14(17)11(7-12)9-13-8-10-3-1-2-4-15(10)18-13;1-2-4-8-7(3-1)5-6-9-8/h1-8H,9H2;1-6H. The van der Waals surface area contributed by atoms with Crippen molar-refractivity contribution in [3.05, 3.63) is 105 Å². The van der Waals surface area contributed by atoms with Crippen molar-refractivity contribution in [1.29, 1.82) is 0 Å². The highest BCUT2D eigenvalue weighted by molar-refractivity contribution is 9.10. The number of halogens is 2. The third kappa shape index (κ3) is 4.46. The lowest BCUT2D eigenvalue weighted by molar-refractivity contribution is 0.614. The normalized spacial score (nSPS) is 10.7. The molecule has 0 radical (unpaired) electrons. The Hall–Kier alpha value is -2.01. The first-order valence-electron chi connectivity index (χ1n) is 8.53. The lowest BCUT2D eigenvalue weighted by Crippen LogP contribution is -1.90. The van der Waals surface area contributed by atoms with Crippen molar-refractivity contribution in [3.63, 3.8) is 0 Å². The van der Waals surface area contributed by atoms with Crippen LogP contribution in [0, 0.1) is 5.82 Å². The molecule has 27 heavy (non-hydrogen) atoms. The van der Waals surface area contributed by atoms with E-state index in [9.17, 15) is 4.39 Å². The van der Waals surface area contributed by atoms with Crippen LogP contribution in [-0.4, -0.2) is 0 Å². The van der Waals surface area contributed by atoms with Gasteiger partial charge in [0, 0.05) is 25.2 Å². The molecule has 0 atom stereocenters. The van der Waals surface area contributed by atoms with Gasteiger partial charge < -0.3 is 0 Å². The smallest absolute Gasteiger partial charge is 0.126 e. The fourth-order valence-corrected chi connectivity index (χ4v) is 5.18. The molecule has 0 N–H and O–H groups in total. The summed E-state index contributed by atoms with van der Waals surface area (Å²) in [6.07, 6.45) is 0.643. The highest BCUT2D eigenvalue weighted by Gasteiger charge is 2.07. The summed E-state index contributed by atoms with van der Waals surface area (Å²) in [6.45, 7) is 0. The molecule has 0 saturated heterocycles. The topological polar surface area (TPSA) is 0 Å². The summed E-state index contributed by atoms with van der Waals surface area (Å²) in [5, 5.41) is 4.69.